The highest BCUT2D eigenvalue weighted by Gasteiger charge is 2.37. The van der Waals surface area contributed by atoms with Crippen molar-refractivity contribution in [3.8, 4) is 0 Å². The normalized spacial score (nSPS) is 25.0. The molecule has 0 nitrogen and oxygen atoms in total. The van der Waals surface area contributed by atoms with Gasteiger partial charge >= 0.3 is 0 Å². The lowest BCUT2D eigenvalue weighted by Gasteiger charge is -2.42. The van der Waals surface area contributed by atoms with Crippen LogP contribution in [0.4, 0.5) is 0 Å². The minimum atomic E-state index is 0.196. The molecule has 0 aliphatic heterocycles. The lowest BCUT2D eigenvalue weighted by atomic mass is 9.63. The fourth-order valence-electron chi connectivity index (χ4n) is 3.96. The second-order valence-corrected chi connectivity index (χ2v) is 9.10. The molecule has 0 heterocycles. The maximum Gasteiger partial charge on any atom is 0.0588 e. The summed E-state index contributed by atoms with van der Waals surface area (Å²) in [5, 5.41) is 0.196. The third kappa shape index (κ3) is 2.89. The smallest absolute Gasteiger partial charge is 0.0588 e. The van der Waals surface area contributed by atoms with Crippen molar-refractivity contribution in [2.45, 2.75) is 82.4 Å². The predicted octanol–water partition coefficient (Wildman–Crippen LogP) is 6.51. The van der Waals surface area contributed by atoms with Crippen LogP contribution in [0.15, 0.2) is 18.2 Å². The topological polar surface area (TPSA) is 0 Å². The number of benzene rings is 1. The quantitative estimate of drug-likeness (QED) is 0.559. The van der Waals surface area contributed by atoms with Crippen molar-refractivity contribution in [2.24, 2.45) is 5.92 Å². The number of alkyl halides is 1. The molecule has 0 aromatic heterocycles. The molecule has 1 aromatic rings. The molecule has 1 fully saturated rings. The zero-order valence-electron chi connectivity index (χ0n) is 14.0. The molecule has 0 bridgehead atoms. The van der Waals surface area contributed by atoms with Gasteiger partial charge in [-0.05, 0) is 52.7 Å². The highest BCUT2D eigenvalue weighted by molar-refractivity contribution is 6.20. The van der Waals surface area contributed by atoms with Crippen LogP contribution < -0.4 is 0 Å². The Hall–Kier alpha value is -0.490. The molecular formula is C20H29Cl. The minimum absolute atomic E-state index is 0.196. The van der Waals surface area contributed by atoms with Gasteiger partial charge in [0.15, 0.2) is 0 Å². The van der Waals surface area contributed by atoms with Crippen LogP contribution in [0.3, 0.4) is 0 Å². The Labute approximate surface area is 135 Å². The lowest BCUT2D eigenvalue weighted by Crippen LogP contribution is -2.34. The van der Waals surface area contributed by atoms with Crippen LogP contribution in [0, 0.1) is 5.92 Å². The zero-order valence-corrected chi connectivity index (χ0v) is 14.8. The number of halogens is 1. The predicted molar refractivity (Wildman–Crippen MR) is 92.3 cm³/mol. The van der Waals surface area contributed by atoms with Gasteiger partial charge in [-0.15, -0.1) is 11.6 Å². The van der Waals surface area contributed by atoms with E-state index in [9.17, 15) is 0 Å². The summed E-state index contributed by atoms with van der Waals surface area (Å²) in [7, 11) is 0. The molecule has 2 aliphatic rings. The molecule has 0 radical (unpaired) electrons. The molecular weight excluding hydrogens is 276 g/mol. The van der Waals surface area contributed by atoms with Crippen molar-refractivity contribution in [1.82, 2.24) is 0 Å². The summed E-state index contributed by atoms with van der Waals surface area (Å²) < 4.78 is 0. The van der Waals surface area contributed by atoms with Crippen LogP contribution in [0.25, 0.3) is 0 Å². The first-order valence-corrected chi connectivity index (χ1v) is 9.02. The van der Waals surface area contributed by atoms with Crippen LogP contribution in [0.2, 0.25) is 0 Å². The standard InChI is InChI=1S/C20H29Cl/c1-19(2)10-11-20(3,4)17-13-15(8-9-16(17)19)18(21)12-14-6-5-7-14/h8-9,13-14,18H,5-7,10-12H2,1-4H3. The summed E-state index contributed by atoms with van der Waals surface area (Å²) in [6, 6.07) is 7.08. The largest absolute Gasteiger partial charge is 0.118 e. The Bertz CT molecular complexity index is 523. The Morgan fingerprint density at radius 1 is 1.05 bits per heavy atom. The van der Waals surface area contributed by atoms with Gasteiger partial charge in [-0.1, -0.05) is 65.2 Å². The van der Waals surface area contributed by atoms with Crippen LogP contribution in [-0.2, 0) is 10.8 Å². The maximum atomic E-state index is 6.72. The first-order valence-electron chi connectivity index (χ1n) is 8.59. The molecule has 0 N–H and O–H groups in total. The van der Waals surface area contributed by atoms with Gasteiger partial charge in [-0.3, -0.25) is 0 Å². The summed E-state index contributed by atoms with van der Waals surface area (Å²) >= 11 is 6.72. The fraction of sp³-hybridized carbons (Fsp3) is 0.700. The van der Waals surface area contributed by atoms with Gasteiger partial charge in [-0.2, -0.15) is 0 Å². The molecule has 1 atom stereocenters. The van der Waals surface area contributed by atoms with Gasteiger partial charge in [0.1, 0.15) is 0 Å². The molecule has 1 aromatic carbocycles. The summed E-state index contributed by atoms with van der Waals surface area (Å²) in [6.07, 6.45) is 7.87. The van der Waals surface area contributed by atoms with Crippen LogP contribution in [-0.4, -0.2) is 0 Å². The minimum Gasteiger partial charge on any atom is -0.118 e. The summed E-state index contributed by atoms with van der Waals surface area (Å²) in [4.78, 5) is 0. The Balaban J connectivity index is 1.91. The Morgan fingerprint density at radius 2 is 1.67 bits per heavy atom. The average Bonchev–Trinajstić information content (AvgIpc) is 2.39. The van der Waals surface area contributed by atoms with E-state index < -0.39 is 0 Å². The monoisotopic (exact) mass is 304 g/mol. The third-order valence-corrected chi connectivity index (χ3v) is 6.43. The SMILES string of the molecule is CC1(C)CCC(C)(C)c2cc(C(Cl)CC3CCC3)ccc21. The van der Waals surface area contributed by atoms with E-state index in [-0.39, 0.29) is 10.8 Å². The molecule has 1 saturated carbocycles. The number of hydrogen-bond acceptors (Lipinski definition) is 0. The van der Waals surface area contributed by atoms with Crippen molar-refractivity contribution in [3.05, 3.63) is 34.9 Å². The van der Waals surface area contributed by atoms with Gasteiger partial charge in [0, 0.05) is 0 Å². The molecule has 21 heavy (non-hydrogen) atoms. The van der Waals surface area contributed by atoms with Gasteiger partial charge in [-0.25, -0.2) is 0 Å². The highest BCUT2D eigenvalue weighted by atomic mass is 35.5. The molecule has 1 heteroatoms. The highest BCUT2D eigenvalue weighted by Crippen LogP contribution is 2.47. The van der Waals surface area contributed by atoms with Gasteiger partial charge in [0.05, 0.1) is 5.38 Å². The number of rotatable bonds is 3. The first kappa shape index (κ1) is 15.4. The van der Waals surface area contributed by atoms with Crippen molar-refractivity contribution in [2.75, 3.05) is 0 Å². The van der Waals surface area contributed by atoms with E-state index in [1.54, 1.807) is 0 Å². The van der Waals surface area contributed by atoms with Crippen LogP contribution >= 0.6 is 11.6 Å². The summed E-state index contributed by atoms with van der Waals surface area (Å²) in [6.45, 7) is 9.54. The summed E-state index contributed by atoms with van der Waals surface area (Å²) in [5.74, 6) is 0.869. The maximum absolute atomic E-state index is 6.72. The van der Waals surface area contributed by atoms with Gasteiger partial charge < -0.3 is 0 Å². The van der Waals surface area contributed by atoms with Crippen LogP contribution in [0.5, 0.6) is 0 Å². The second-order valence-electron chi connectivity index (χ2n) is 8.57. The molecule has 0 spiro atoms. The second kappa shape index (κ2) is 5.30. The average molecular weight is 305 g/mol. The van der Waals surface area contributed by atoms with E-state index in [1.165, 1.54) is 48.8 Å². The van der Waals surface area contributed by atoms with E-state index in [1.807, 2.05) is 0 Å². The van der Waals surface area contributed by atoms with Crippen molar-refractivity contribution in [1.29, 1.82) is 0 Å². The van der Waals surface area contributed by atoms with Gasteiger partial charge in [0.2, 0.25) is 0 Å². The van der Waals surface area contributed by atoms with Crippen LogP contribution in [0.1, 0.15) is 88.3 Å². The van der Waals surface area contributed by atoms with Crippen molar-refractivity contribution in [3.63, 3.8) is 0 Å². The molecule has 0 saturated heterocycles. The number of fused-ring (bicyclic) bond motifs is 1. The zero-order chi connectivity index (χ0) is 15.3. The van der Waals surface area contributed by atoms with Gasteiger partial charge in [0.25, 0.3) is 0 Å². The van der Waals surface area contributed by atoms with E-state index in [0.29, 0.717) is 5.41 Å². The van der Waals surface area contributed by atoms with Crippen molar-refractivity contribution >= 4 is 11.6 Å². The van der Waals surface area contributed by atoms with E-state index in [0.717, 1.165) is 12.3 Å². The lowest BCUT2D eigenvalue weighted by molar-refractivity contribution is 0.293. The van der Waals surface area contributed by atoms with Crippen molar-refractivity contribution < 1.29 is 0 Å². The molecule has 1 unspecified atom stereocenters. The third-order valence-electron chi connectivity index (χ3n) is 6.00. The molecule has 2 aliphatic carbocycles. The first-order chi connectivity index (χ1) is 9.79. The molecule has 116 valence electrons. The number of hydrogen-bond donors (Lipinski definition) is 0. The van der Waals surface area contributed by atoms with E-state index in [2.05, 4.69) is 45.9 Å². The summed E-state index contributed by atoms with van der Waals surface area (Å²) in [5.41, 5.74) is 5.01. The Kier molecular flexibility index (Phi) is 3.89. The van der Waals surface area contributed by atoms with E-state index >= 15 is 0 Å². The Morgan fingerprint density at radius 3 is 2.24 bits per heavy atom. The molecule has 3 rings (SSSR count). The molecule has 0 amide bonds. The van der Waals surface area contributed by atoms with E-state index in [4.69, 9.17) is 11.6 Å². The fourth-order valence-corrected chi connectivity index (χ4v) is 4.35.